The Bertz CT molecular complexity index is 713. The van der Waals surface area contributed by atoms with E-state index >= 15 is 0 Å². The lowest BCUT2D eigenvalue weighted by atomic mass is 10.1. The summed E-state index contributed by atoms with van der Waals surface area (Å²) in [6.45, 7) is 7.99. The smallest absolute Gasteiger partial charge is 0.255 e. The first-order valence-electron chi connectivity index (χ1n) is 8.06. The summed E-state index contributed by atoms with van der Waals surface area (Å²) >= 11 is 0. The number of carbonyl (C=O) groups is 1. The molecule has 1 N–H and O–H groups in total. The molecule has 3 heteroatoms. The average Bonchev–Trinajstić information content (AvgIpc) is 3.09. The van der Waals surface area contributed by atoms with Gasteiger partial charge in [-0.2, -0.15) is 0 Å². The summed E-state index contributed by atoms with van der Waals surface area (Å²) in [6.07, 6.45) is 2.43. The first-order chi connectivity index (χ1) is 11.1. The van der Waals surface area contributed by atoms with Gasteiger partial charge in [-0.05, 0) is 49.6 Å². The van der Waals surface area contributed by atoms with E-state index in [4.69, 9.17) is 0 Å². The summed E-state index contributed by atoms with van der Waals surface area (Å²) in [5.41, 5.74) is 4.70. The molecule has 118 valence electrons. The Morgan fingerprint density at radius 3 is 2.26 bits per heavy atom. The summed E-state index contributed by atoms with van der Waals surface area (Å²) < 4.78 is 0. The molecule has 0 bridgehead atoms. The van der Waals surface area contributed by atoms with Crippen LogP contribution >= 0.6 is 0 Å². The van der Waals surface area contributed by atoms with Gasteiger partial charge < -0.3 is 10.2 Å². The van der Waals surface area contributed by atoms with E-state index in [0.29, 0.717) is 5.56 Å². The predicted molar refractivity (Wildman–Crippen MR) is 97.0 cm³/mol. The van der Waals surface area contributed by atoms with Crippen LogP contribution in [-0.2, 0) is 0 Å². The molecular formula is C20H22N2O. The number of anilines is 2. The van der Waals surface area contributed by atoms with Gasteiger partial charge in [-0.25, -0.2) is 0 Å². The normalized spacial score (nSPS) is 13.9. The molecule has 23 heavy (non-hydrogen) atoms. The second-order valence-electron chi connectivity index (χ2n) is 6.02. The fourth-order valence-electron chi connectivity index (χ4n) is 2.91. The van der Waals surface area contributed by atoms with Gasteiger partial charge in [0.15, 0.2) is 0 Å². The Kier molecular flexibility index (Phi) is 4.47. The number of allylic oxidation sites excluding steroid dienone is 1. The molecule has 0 unspecified atom stereocenters. The van der Waals surface area contributed by atoms with Crippen LogP contribution < -0.4 is 10.2 Å². The number of hydrogen-bond donors (Lipinski definition) is 1. The Hall–Kier alpha value is -2.55. The molecule has 0 atom stereocenters. The fraction of sp³-hybridized carbons (Fsp3) is 0.250. The maximum atomic E-state index is 12.5. The molecule has 1 heterocycles. The number of amides is 1. The fourth-order valence-corrected chi connectivity index (χ4v) is 2.91. The standard InChI is InChI=1S/C20H22N2O/c1-15(2)16-9-11-17(12-10-16)20(23)21-18-7-3-4-8-19(18)22-13-5-6-14-22/h3-4,7-12H,1,5-6,13-14H2,2H3,(H,21,23). The molecule has 1 amide bonds. The molecule has 1 aliphatic rings. The highest BCUT2D eigenvalue weighted by Crippen LogP contribution is 2.29. The van der Waals surface area contributed by atoms with Crippen LogP contribution in [0.5, 0.6) is 0 Å². The summed E-state index contributed by atoms with van der Waals surface area (Å²) in [4.78, 5) is 14.8. The lowest BCUT2D eigenvalue weighted by Crippen LogP contribution is -2.21. The number of rotatable bonds is 4. The first kappa shape index (κ1) is 15.3. The van der Waals surface area contributed by atoms with E-state index in [-0.39, 0.29) is 5.91 Å². The summed E-state index contributed by atoms with van der Waals surface area (Å²) in [7, 11) is 0. The van der Waals surface area contributed by atoms with Crippen molar-refractivity contribution in [3.05, 3.63) is 66.2 Å². The molecule has 3 nitrogen and oxygen atoms in total. The van der Waals surface area contributed by atoms with E-state index < -0.39 is 0 Å². The molecule has 1 aliphatic heterocycles. The summed E-state index contributed by atoms with van der Waals surface area (Å²) in [5, 5.41) is 3.05. The van der Waals surface area contributed by atoms with E-state index in [1.54, 1.807) is 0 Å². The van der Waals surface area contributed by atoms with Crippen LogP contribution in [-0.4, -0.2) is 19.0 Å². The number of nitrogens with one attached hydrogen (secondary N) is 1. The van der Waals surface area contributed by atoms with E-state index in [1.807, 2.05) is 49.4 Å². The second-order valence-corrected chi connectivity index (χ2v) is 6.02. The van der Waals surface area contributed by atoms with E-state index in [2.05, 4.69) is 22.9 Å². The molecule has 0 radical (unpaired) electrons. The average molecular weight is 306 g/mol. The van der Waals surface area contributed by atoms with Gasteiger partial charge >= 0.3 is 0 Å². The molecule has 2 aromatic rings. The summed E-state index contributed by atoms with van der Waals surface area (Å²) in [5.74, 6) is -0.0788. The van der Waals surface area contributed by atoms with E-state index in [9.17, 15) is 4.79 Å². The molecule has 2 aromatic carbocycles. The van der Waals surface area contributed by atoms with Crippen molar-refractivity contribution >= 4 is 22.9 Å². The number of hydrogen-bond acceptors (Lipinski definition) is 2. The number of nitrogens with zero attached hydrogens (tertiary/aromatic N) is 1. The maximum Gasteiger partial charge on any atom is 0.255 e. The minimum Gasteiger partial charge on any atom is -0.370 e. The zero-order valence-corrected chi connectivity index (χ0v) is 13.5. The van der Waals surface area contributed by atoms with Gasteiger partial charge in [0, 0.05) is 18.7 Å². The van der Waals surface area contributed by atoms with Crippen LogP contribution in [0.3, 0.4) is 0 Å². The van der Waals surface area contributed by atoms with Gasteiger partial charge in [0.2, 0.25) is 0 Å². The third-order valence-corrected chi connectivity index (χ3v) is 4.24. The van der Waals surface area contributed by atoms with Crippen molar-refractivity contribution in [2.45, 2.75) is 19.8 Å². The van der Waals surface area contributed by atoms with Crippen molar-refractivity contribution in [1.82, 2.24) is 0 Å². The van der Waals surface area contributed by atoms with Gasteiger partial charge in [-0.15, -0.1) is 0 Å². The van der Waals surface area contributed by atoms with Crippen LogP contribution in [0.4, 0.5) is 11.4 Å². The second kappa shape index (κ2) is 6.69. The Labute approximate surface area is 137 Å². The first-order valence-corrected chi connectivity index (χ1v) is 8.06. The predicted octanol–water partition coefficient (Wildman–Crippen LogP) is 4.57. The van der Waals surface area contributed by atoms with E-state index in [0.717, 1.165) is 35.6 Å². The minimum atomic E-state index is -0.0788. The molecule has 0 aliphatic carbocycles. The van der Waals surface area contributed by atoms with Crippen LogP contribution in [0.15, 0.2) is 55.1 Å². The quantitative estimate of drug-likeness (QED) is 0.897. The van der Waals surface area contributed by atoms with Crippen molar-refractivity contribution < 1.29 is 4.79 Å². The van der Waals surface area contributed by atoms with Crippen molar-refractivity contribution in [3.8, 4) is 0 Å². The van der Waals surface area contributed by atoms with Crippen LogP contribution in [0.2, 0.25) is 0 Å². The van der Waals surface area contributed by atoms with Gasteiger partial charge in [0.1, 0.15) is 0 Å². The van der Waals surface area contributed by atoms with Gasteiger partial charge in [0.05, 0.1) is 11.4 Å². The van der Waals surface area contributed by atoms with Crippen molar-refractivity contribution in [1.29, 1.82) is 0 Å². The highest BCUT2D eigenvalue weighted by molar-refractivity contribution is 6.06. The van der Waals surface area contributed by atoms with Gasteiger partial charge in [0.25, 0.3) is 5.91 Å². The molecule has 0 aromatic heterocycles. The Balaban J connectivity index is 1.78. The third-order valence-electron chi connectivity index (χ3n) is 4.24. The SMILES string of the molecule is C=C(C)c1ccc(C(=O)Nc2ccccc2N2CCCC2)cc1. The van der Waals surface area contributed by atoms with Gasteiger partial charge in [-0.1, -0.05) is 36.4 Å². The van der Waals surface area contributed by atoms with Crippen molar-refractivity contribution in [2.24, 2.45) is 0 Å². The largest absolute Gasteiger partial charge is 0.370 e. The minimum absolute atomic E-state index is 0.0788. The molecule has 1 fully saturated rings. The molecule has 0 saturated carbocycles. The Morgan fingerprint density at radius 1 is 1.00 bits per heavy atom. The van der Waals surface area contributed by atoms with Crippen LogP contribution in [0, 0.1) is 0 Å². The zero-order valence-electron chi connectivity index (χ0n) is 13.5. The van der Waals surface area contributed by atoms with Gasteiger partial charge in [-0.3, -0.25) is 4.79 Å². The highest BCUT2D eigenvalue weighted by atomic mass is 16.1. The van der Waals surface area contributed by atoms with Crippen LogP contribution in [0.25, 0.3) is 5.57 Å². The van der Waals surface area contributed by atoms with Crippen molar-refractivity contribution in [3.63, 3.8) is 0 Å². The third kappa shape index (κ3) is 3.45. The number of benzene rings is 2. The highest BCUT2D eigenvalue weighted by Gasteiger charge is 2.16. The number of carbonyl (C=O) groups excluding carboxylic acids is 1. The lowest BCUT2D eigenvalue weighted by Gasteiger charge is -2.21. The number of para-hydroxylation sites is 2. The molecular weight excluding hydrogens is 284 g/mol. The zero-order chi connectivity index (χ0) is 16.2. The summed E-state index contributed by atoms with van der Waals surface area (Å²) in [6, 6.07) is 15.6. The van der Waals surface area contributed by atoms with E-state index in [1.165, 1.54) is 12.8 Å². The monoisotopic (exact) mass is 306 g/mol. The molecule has 0 spiro atoms. The lowest BCUT2D eigenvalue weighted by molar-refractivity contribution is 0.102. The maximum absolute atomic E-state index is 12.5. The van der Waals surface area contributed by atoms with Crippen molar-refractivity contribution in [2.75, 3.05) is 23.3 Å². The topological polar surface area (TPSA) is 32.3 Å². The Morgan fingerprint density at radius 2 is 1.61 bits per heavy atom. The molecule has 3 rings (SSSR count). The molecule has 1 saturated heterocycles. The van der Waals surface area contributed by atoms with Crippen LogP contribution in [0.1, 0.15) is 35.7 Å².